The largest absolute Gasteiger partial charge is 0.489 e. The molecule has 0 aliphatic carbocycles. The molecule has 1 aliphatic heterocycles. The topological polar surface area (TPSA) is 105 Å². The Morgan fingerprint density at radius 1 is 0.796 bits per heavy atom. The summed E-state index contributed by atoms with van der Waals surface area (Å²) >= 11 is 0. The quantitative estimate of drug-likeness (QED) is 0.0738. The number of esters is 1. The Bertz CT molecular complexity index is 1810. The van der Waals surface area contributed by atoms with Crippen LogP contribution < -0.4 is 10.1 Å². The Hall–Kier alpha value is -5.47. The maximum Gasteiger partial charge on any atom is 0.309 e. The second-order valence-electron chi connectivity index (χ2n) is 14.0. The van der Waals surface area contributed by atoms with Gasteiger partial charge in [0.05, 0.1) is 30.5 Å². The van der Waals surface area contributed by atoms with Crippen LogP contribution in [0.1, 0.15) is 53.5 Å². The number of ether oxygens (including phenoxy) is 2. The number of allylic oxidation sites excluding steroid dienone is 2. The first-order valence-corrected chi connectivity index (χ1v) is 18.8. The van der Waals surface area contributed by atoms with Gasteiger partial charge < -0.3 is 24.8 Å². The van der Waals surface area contributed by atoms with Crippen molar-refractivity contribution in [3.8, 4) is 5.75 Å². The van der Waals surface area contributed by atoms with Crippen LogP contribution in [-0.4, -0.2) is 53.1 Å². The molecule has 282 valence electrons. The fourth-order valence-electron chi connectivity index (χ4n) is 6.89. The number of fused-ring (bicyclic) bond motifs is 1. The Balaban J connectivity index is 1.28. The van der Waals surface area contributed by atoms with E-state index in [0.29, 0.717) is 51.0 Å². The summed E-state index contributed by atoms with van der Waals surface area (Å²) in [5.41, 5.74) is 5.18. The first kappa shape index (κ1) is 39.7. The van der Waals surface area contributed by atoms with Crippen molar-refractivity contribution in [2.24, 2.45) is 11.8 Å². The number of aliphatic hydroxyl groups excluding tert-OH is 1. The van der Waals surface area contributed by atoms with Gasteiger partial charge >= 0.3 is 5.97 Å². The zero-order chi connectivity index (χ0) is 38.1. The molecule has 0 bridgehead atoms. The molecule has 0 saturated heterocycles. The van der Waals surface area contributed by atoms with Crippen LogP contribution >= 0.6 is 0 Å². The molecule has 4 atom stereocenters. The second kappa shape index (κ2) is 20.7. The highest BCUT2D eigenvalue weighted by molar-refractivity contribution is 5.86. The molecule has 0 saturated carbocycles. The zero-order valence-corrected chi connectivity index (χ0v) is 31.0. The Labute approximate surface area is 319 Å². The first-order chi connectivity index (χ1) is 26.4. The minimum atomic E-state index is -0.697. The van der Waals surface area contributed by atoms with E-state index in [9.17, 15) is 19.5 Å². The fourth-order valence-corrected chi connectivity index (χ4v) is 6.89. The third-order valence-corrected chi connectivity index (χ3v) is 9.93. The lowest BCUT2D eigenvalue weighted by Gasteiger charge is -2.36. The molecule has 0 spiro atoms. The van der Waals surface area contributed by atoms with Crippen LogP contribution in [0.4, 0.5) is 0 Å². The lowest BCUT2D eigenvalue weighted by Crippen LogP contribution is -2.48. The van der Waals surface area contributed by atoms with Crippen molar-refractivity contribution in [1.29, 1.82) is 0 Å². The smallest absolute Gasteiger partial charge is 0.309 e. The van der Waals surface area contributed by atoms with Crippen LogP contribution in [-0.2, 0) is 51.5 Å². The van der Waals surface area contributed by atoms with E-state index in [0.717, 1.165) is 27.8 Å². The molecule has 1 aliphatic rings. The number of aliphatic hydroxyl groups is 1. The van der Waals surface area contributed by atoms with E-state index in [-0.39, 0.29) is 55.8 Å². The predicted molar refractivity (Wildman–Crippen MR) is 211 cm³/mol. The number of benzene rings is 4. The Kier molecular flexibility index (Phi) is 15.2. The maximum absolute atomic E-state index is 14.0. The lowest BCUT2D eigenvalue weighted by atomic mass is 9.92. The van der Waals surface area contributed by atoms with Gasteiger partial charge in [0.15, 0.2) is 0 Å². The molecular weight excluding hydrogens is 677 g/mol. The Morgan fingerprint density at radius 3 is 2.11 bits per heavy atom. The molecule has 0 fully saturated rings. The monoisotopic (exact) mass is 728 g/mol. The number of rotatable bonds is 20. The summed E-state index contributed by atoms with van der Waals surface area (Å²) in [6, 6.07) is 34.4. The molecule has 1 heterocycles. The normalized spacial score (nSPS) is 15.2. The van der Waals surface area contributed by atoms with E-state index in [4.69, 9.17) is 9.47 Å². The van der Waals surface area contributed by atoms with Gasteiger partial charge in [-0.1, -0.05) is 109 Å². The van der Waals surface area contributed by atoms with Gasteiger partial charge in [0, 0.05) is 13.0 Å². The summed E-state index contributed by atoms with van der Waals surface area (Å²) in [6.45, 7) is 8.30. The molecule has 4 aromatic rings. The van der Waals surface area contributed by atoms with Crippen LogP contribution in [0.15, 0.2) is 135 Å². The summed E-state index contributed by atoms with van der Waals surface area (Å²) < 4.78 is 11.9. The highest BCUT2D eigenvalue weighted by Crippen LogP contribution is 2.26. The highest BCUT2D eigenvalue weighted by atomic mass is 16.5. The molecule has 4 aromatic carbocycles. The summed E-state index contributed by atoms with van der Waals surface area (Å²) in [5.74, 6) is -1.21. The average Bonchev–Trinajstić information content (AvgIpc) is 3.21. The van der Waals surface area contributed by atoms with Gasteiger partial charge in [-0.05, 0) is 78.5 Å². The number of amides is 2. The minimum Gasteiger partial charge on any atom is -0.489 e. The molecule has 8 nitrogen and oxygen atoms in total. The standard InChI is InChI=1S/C46H52N2O6/c1-3-5-19-39(26-34-15-8-6-9-16-34)46(52)54-33-41(27-35-22-24-43(25-23-35)53-32-36-17-10-7-11-18-36)47-45(51)38(14-4-2)29-44(50)48-30-40-21-13-12-20-37(40)28-42(48)31-49/h3-4,6-13,15-18,20-25,38-39,41-42,49H,1-2,5,14,19,26-33H2,(H,47,51)/t38-,39-,41+,42+/m1/s1. The van der Waals surface area contributed by atoms with E-state index < -0.39 is 12.0 Å². The van der Waals surface area contributed by atoms with Crippen LogP contribution in [0.25, 0.3) is 0 Å². The van der Waals surface area contributed by atoms with Gasteiger partial charge in [-0.3, -0.25) is 14.4 Å². The molecule has 8 heteroatoms. The number of carbonyl (C=O) groups is 3. The summed E-state index contributed by atoms with van der Waals surface area (Å²) in [4.78, 5) is 43.0. The van der Waals surface area contributed by atoms with E-state index >= 15 is 0 Å². The SMILES string of the molecule is C=CCC[C@H](Cc1ccccc1)C(=O)OC[C@H](Cc1ccc(OCc2ccccc2)cc1)NC(=O)[C@H](CC=C)CC(=O)N1Cc2ccccc2C[C@H]1CO. The van der Waals surface area contributed by atoms with Crippen LogP contribution in [0.5, 0.6) is 5.75 Å². The number of carbonyl (C=O) groups excluding carboxylic acids is 3. The summed E-state index contributed by atoms with van der Waals surface area (Å²) in [6.07, 6.45) is 6.42. The van der Waals surface area contributed by atoms with Gasteiger partial charge in [0.2, 0.25) is 11.8 Å². The average molecular weight is 729 g/mol. The van der Waals surface area contributed by atoms with Crippen molar-refractivity contribution in [3.63, 3.8) is 0 Å². The van der Waals surface area contributed by atoms with E-state index in [2.05, 4.69) is 18.5 Å². The fraction of sp³-hybridized carbons (Fsp3) is 0.326. The van der Waals surface area contributed by atoms with Gasteiger partial charge in [0.1, 0.15) is 19.0 Å². The molecule has 54 heavy (non-hydrogen) atoms. The van der Waals surface area contributed by atoms with Gasteiger partial charge in [-0.25, -0.2) is 0 Å². The van der Waals surface area contributed by atoms with Gasteiger partial charge in [-0.2, -0.15) is 0 Å². The van der Waals surface area contributed by atoms with Gasteiger partial charge in [-0.15, -0.1) is 13.2 Å². The zero-order valence-electron chi connectivity index (χ0n) is 31.0. The van der Waals surface area contributed by atoms with Crippen molar-refractivity contribution < 1.29 is 29.0 Å². The van der Waals surface area contributed by atoms with Crippen LogP contribution in [0.2, 0.25) is 0 Å². The van der Waals surface area contributed by atoms with Gasteiger partial charge in [0.25, 0.3) is 0 Å². The van der Waals surface area contributed by atoms with E-state index in [1.54, 1.807) is 17.1 Å². The number of hydrogen-bond acceptors (Lipinski definition) is 6. The van der Waals surface area contributed by atoms with E-state index in [1.807, 2.05) is 109 Å². The van der Waals surface area contributed by atoms with E-state index in [1.165, 1.54) is 0 Å². The van der Waals surface area contributed by atoms with Crippen molar-refractivity contribution in [2.45, 2.75) is 70.2 Å². The summed E-state index contributed by atoms with van der Waals surface area (Å²) in [5, 5.41) is 13.3. The lowest BCUT2D eigenvalue weighted by molar-refractivity contribution is -0.150. The molecule has 0 radical (unpaired) electrons. The molecule has 0 unspecified atom stereocenters. The highest BCUT2D eigenvalue weighted by Gasteiger charge is 2.32. The maximum atomic E-state index is 14.0. The third kappa shape index (κ3) is 11.8. The van der Waals surface area contributed by atoms with Crippen LogP contribution in [0, 0.1) is 11.8 Å². The molecule has 2 amide bonds. The number of nitrogens with zero attached hydrogens (tertiary/aromatic N) is 1. The number of nitrogens with one attached hydrogen (secondary N) is 1. The summed E-state index contributed by atoms with van der Waals surface area (Å²) in [7, 11) is 0. The van der Waals surface area contributed by atoms with Crippen LogP contribution in [0.3, 0.4) is 0 Å². The van der Waals surface area contributed by atoms with Crippen molar-refractivity contribution in [1.82, 2.24) is 10.2 Å². The molecule has 2 N–H and O–H groups in total. The molecule has 5 rings (SSSR count). The Morgan fingerprint density at radius 2 is 1.44 bits per heavy atom. The second-order valence-corrected chi connectivity index (χ2v) is 14.0. The van der Waals surface area contributed by atoms with Crippen molar-refractivity contribution >= 4 is 17.8 Å². The third-order valence-electron chi connectivity index (χ3n) is 9.93. The molecular formula is C46H52N2O6. The van der Waals surface area contributed by atoms with Crippen molar-refractivity contribution in [3.05, 3.63) is 162 Å². The van der Waals surface area contributed by atoms with Crippen molar-refractivity contribution in [2.75, 3.05) is 13.2 Å². The number of hydrogen-bond donors (Lipinski definition) is 2. The minimum absolute atomic E-state index is 0.0412. The molecule has 0 aromatic heterocycles. The first-order valence-electron chi connectivity index (χ1n) is 18.8. The predicted octanol–water partition coefficient (Wildman–Crippen LogP) is 7.19.